The van der Waals surface area contributed by atoms with Gasteiger partial charge in [-0.1, -0.05) is 41.4 Å². The highest BCUT2D eigenvalue weighted by atomic mass is 35.5. The van der Waals surface area contributed by atoms with E-state index in [-0.39, 0.29) is 38.3 Å². The standard InChI is InChI=1S/C21H17Cl2N3O3S/c22-16-2-1-3-17(23)20(16)30(28,29)15-6-4-13(5-7-15)11-25-21(27)19-10-14-12-24-9-8-18(14)26-19/h1-9,12,19,26H,10-11H2,(H,25,27). The predicted molar refractivity (Wildman–Crippen MR) is 116 cm³/mol. The van der Waals surface area contributed by atoms with Crippen LogP contribution in [0.3, 0.4) is 0 Å². The Hall–Kier alpha value is -2.61. The van der Waals surface area contributed by atoms with E-state index in [4.69, 9.17) is 23.2 Å². The van der Waals surface area contributed by atoms with Crippen LogP contribution in [0.2, 0.25) is 10.0 Å². The molecule has 1 atom stereocenters. The highest BCUT2D eigenvalue weighted by molar-refractivity contribution is 7.91. The molecule has 0 fully saturated rings. The van der Waals surface area contributed by atoms with Crippen LogP contribution in [0.25, 0.3) is 0 Å². The molecule has 4 rings (SSSR count). The maximum Gasteiger partial charge on any atom is 0.243 e. The molecule has 1 amide bonds. The summed E-state index contributed by atoms with van der Waals surface area (Å²) >= 11 is 12.1. The summed E-state index contributed by atoms with van der Waals surface area (Å²) in [6, 6.07) is 12.3. The monoisotopic (exact) mass is 461 g/mol. The third-order valence-electron chi connectivity index (χ3n) is 4.86. The molecule has 0 bridgehead atoms. The largest absolute Gasteiger partial charge is 0.373 e. The van der Waals surface area contributed by atoms with Crippen molar-refractivity contribution in [1.82, 2.24) is 10.3 Å². The van der Waals surface area contributed by atoms with E-state index < -0.39 is 9.84 Å². The van der Waals surface area contributed by atoms with E-state index in [1.165, 1.54) is 24.3 Å². The first-order valence-electron chi connectivity index (χ1n) is 9.11. The van der Waals surface area contributed by atoms with Crippen molar-refractivity contribution in [3.8, 4) is 0 Å². The van der Waals surface area contributed by atoms with E-state index in [1.807, 2.05) is 6.07 Å². The first-order chi connectivity index (χ1) is 14.4. The zero-order valence-electron chi connectivity index (χ0n) is 15.6. The second-order valence-corrected chi connectivity index (χ2v) is 9.55. The molecule has 30 heavy (non-hydrogen) atoms. The number of carbonyl (C=O) groups excluding carboxylic acids is 1. The SMILES string of the molecule is O=C(NCc1ccc(S(=O)(=O)c2c(Cl)cccc2Cl)cc1)C1Cc2cnccc2N1. The molecule has 1 unspecified atom stereocenters. The summed E-state index contributed by atoms with van der Waals surface area (Å²) in [5, 5.41) is 6.18. The average Bonchev–Trinajstić information content (AvgIpc) is 3.16. The fraction of sp³-hybridized carbons (Fsp3) is 0.143. The van der Waals surface area contributed by atoms with Crippen molar-refractivity contribution in [2.45, 2.75) is 28.8 Å². The van der Waals surface area contributed by atoms with Crippen LogP contribution >= 0.6 is 23.2 Å². The van der Waals surface area contributed by atoms with Crippen molar-refractivity contribution < 1.29 is 13.2 Å². The lowest BCUT2D eigenvalue weighted by Crippen LogP contribution is -2.38. The van der Waals surface area contributed by atoms with Gasteiger partial charge in [-0.25, -0.2) is 8.42 Å². The van der Waals surface area contributed by atoms with Crippen molar-refractivity contribution >= 4 is 44.6 Å². The highest BCUT2D eigenvalue weighted by Gasteiger charge is 2.27. The van der Waals surface area contributed by atoms with Gasteiger partial charge in [-0.3, -0.25) is 9.78 Å². The van der Waals surface area contributed by atoms with Gasteiger partial charge < -0.3 is 10.6 Å². The van der Waals surface area contributed by atoms with Crippen LogP contribution in [0.15, 0.2) is 70.7 Å². The zero-order chi connectivity index (χ0) is 21.3. The molecule has 9 heteroatoms. The minimum atomic E-state index is -3.86. The second kappa shape index (κ2) is 8.26. The number of benzene rings is 2. The molecule has 2 aromatic carbocycles. The van der Waals surface area contributed by atoms with E-state index in [0.29, 0.717) is 6.42 Å². The van der Waals surface area contributed by atoms with Gasteiger partial charge in [0.1, 0.15) is 10.9 Å². The van der Waals surface area contributed by atoms with Crippen molar-refractivity contribution in [1.29, 1.82) is 0 Å². The molecule has 2 heterocycles. The summed E-state index contributed by atoms with van der Waals surface area (Å²) in [5.74, 6) is -0.134. The molecule has 0 saturated heterocycles. The normalized spacial score (nSPS) is 15.3. The Morgan fingerprint density at radius 1 is 1.10 bits per heavy atom. The van der Waals surface area contributed by atoms with E-state index >= 15 is 0 Å². The summed E-state index contributed by atoms with van der Waals surface area (Å²) in [4.78, 5) is 16.5. The van der Waals surface area contributed by atoms with Gasteiger partial charge in [-0.05, 0) is 41.5 Å². The number of rotatable bonds is 5. The minimum Gasteiger partial charge on any atom is -0.373 e. The molecule has 1 aliphatic heterocycles. The number of fused-ring (bicyclic) bond motifs is 1. The van der Waals surface area contributed by atoms with E-state index in [2.05, 4.69) is 15.6 Å². The molecule has 1 aliphatic rings. The van der Waals surface area contributed by atoms with Gasteiger partial charge in [0.2, 0.25) is 15.7 Å². The Kier molecular flexibility index (Phi) is 5.69. The number of nitrogens with one attached hydrogen (secondary N) is 2. The number of anilines is 1. The number of hydrogen-bond acceptors (Lipinski definition) is 5. The summed E-state index contributed by atoms with van der Waals surface area (Å²) in [7, 11) is -3.86. The number of nitrogens with zero attached hydrogens (tertiary/aromatic N) is 1. The van der Waals surface area contributed by atoms with Gasteiger partial charge in [-0.15, -0.1) is 0 Å². The third kappa shape index (κ3) is 4.01. The Morgan fingerprint density at radius 2 is 1.80 bits per heavy atom. The molecular formula is C21H17Cl2N3O3S. The fourth-order valence-corrected chi connectivity index (χ4v) is 5.69. The Morgan fingerprint density at radius 3 is 2.47 bits per heavy atom. The number of halogens is 2. The van der Waals surface area contributed by atoms with E-state index in [0.717, 1.165) is 16.8 Å². The van der Waals surface area contributed by atoms with Gasteiger partial charge in [0.05, 0.1) is 14.9 Å². The molecule has 0 saturated carbocycles. The van der Waals surface area contributed by atoms with Gasteiger partial charge in [-0.2, -0.15) is 0 Å². The van der Waals surface area contributed by atoms with Gasteiger partial charge in [0, 0.05) is 31.0 Å². The molecule has 0 aliphatic carbocycles. The Labute approximate surface area is 184 Å². The maximum absolute atomic E-state index is 12.9. The second-order valence-electron chi connectivity index (χ2n) is 6.85. The van der Waals surface area contributed by atoms with E-state index in [1.54, 1.807) is 30.6 Å². The lowest BCUT2D eigenvalue weighted by Gasteiger charge is -2.13. The fourth-order valence-electron chi connectivity index (χ4n) is 3.30. The molecule has 0 spiro atoms. The van der Waals surface area contributed by atoms with E-state index in [9.17, 15) is 13.2 Å². The third-order valence-corrected chi connectivity index (χ3v) is 7.59. The number of pyridine rings is 1. The molecule has 3 aromatic rings. The maximum atomic E-state index is 12.9. The van der Waals surface area contributed by atoms with Crippen molar-refractivity contribution in [3.05, 3.63) is 82.1 Å². The summed E-state index contributed by atoms with van der Waals surface area (Å²) in [5.41, 5.74) is 2.69. The lowest BCUT2D eigenvalue weighted by molar-refractivity contribution is -0.121. The van der Waals surface area contributed by atoms with Gasteiger partial charge in [0.25, 0.3) is 0 Å². The van der Waals surface area contributed by atoms with Crippen molar-refractivity contribution in [2.24, 2.45) is 0 Å². The van der Waals surface area contributed by atoms with Gasteiger partial charge in [0.15, 0.2) is 0 Å². The molecule has 1 aromatic heterocycles. The molecule has 154 valence electrons. The summed E-state index contributed by atoms with van der Waals surface area (Å²) < 4.78 is 25.8. The first kappa shape index (κ1) is 20.7. The zero-order valence-corrected chi connectivity index (χ0v) is 17.9. The Balaban J connectivity index is 1.43. The predicted octanol–water partition coefficient (Wildman–Crippen LogP) is 3.87. The number of hydrogen-bond donors (Lipinski definition) is 2. The topological polar surface area (TPSA) is 88.2 Å². The first-order valence-corrected chi connectivity index (χ1v) is 11.4. The smallest absolute Gasteiger partial charge is 0.243 e. The number of amides is 1. The molecule has 6 nitrogen and oxygen atoms in total. The van der Waals surface area contributed by atoms with Gasteiger partial charge >= 0.3 is 0 Å². The van der Waals surface area contributed by atoms with Crippen LogP contribution in [-0.2, 0) is 27.6 Å². The van der Waals surface area contributed by atoms with Crippen LogP contribution in [0.1, 0.15) is 11.1 Å². The summed E-state index contributed by atoms with van der Waals surface area (Å²) in [6.45, 7) is 0.277. The summed E-state index contributed by atoms with van der Waals surface area (Å²) in [6.07, 6.45) is 4.00. The van der Waals surface area contributed by atoms with Crippen LogP contribution in [0, 0.1) is 0 Å². The molecule has 0 radical (unpaired) electrons. The van der Waals surface area contributed by atoms with Crippen LogP contribution in [-0.4, -0.2) is 25.4 Å². The Bertz CT molecular complexity index is 1170. The average molecular weight is 462 g/mol. The van der Waals surface area contributed by atoms with Crippen molar-refractivity contribution in [3.63, 3.8) is 0 Å². The van der Waals surface area contributed by atoms with Crippen LogP contribution in [0.5, 0.6) is 0 Å². The highest BCUT2D eigenvalue weighted by Crippen LogP contribution is 2.33. The van der Waals surface area contributed by atoms with Crippen molar-refractivity contribution in [2.75, 3.05) is 5.32 Å². The molecular weight excluding hydrogens is 445 g/mol. The quantitative estimate of drug-likeness (QED) is 0.601. The molecule has 2 N–H and O–H groups in total. The minimum absolute atomic E-state index is 0.0686. The number of aromatic nitrogens is 1. The van der Waals surface area contributed by atoms with Crippen LogP contribution in [0.4, 0.5) is 5.69 Å². The number of sulfone groups is 1. The van der Waals surface area contributed by atoms with Crippen LogP contribution < -0.4 is 10.6 Å². The lowest BCUT2D eigenvalue weighted by atomic mass is 10.1. The number of carbonyl (C=O) groups is 1.